The van der Waals surface area contributed by atoms with Crippen LogP contribution < -0.4 is 27.5 Å². The normalized spacial score (nSPS) is 11.7. The van der Waals surface area contributed by atoms with Crippen LogP contribution in [0.25, 0.3) is 0 Å². The third-order valence-electron chi connectivity index (χ3n) is 5.41. The molecular weight excluding hydrogens is 398 g/mol. The smallest absolute Gasteiger partial charge is 0.165 e. The third-order valence-corrected chi connectivity index (χ3v) is 5.41. The summed E-state index contributed by atoms with van der Waals surface area (Å²) >= 11 is 0. The molecule has 7 N–H and O–H groups in total. The number of hydrogen-bond donors (Lipinski definition) is 4. The van der Waals surface area contributed by atoms with E-state index in [0.29, 0.717) is 30.4 Å². The molecule has 6 heteroatoms. The molecule has 1 unspecified atom stereocenters. The first-order valence-electron chi connectivity index (χ1n) is 10.5. The Hall–Kier alpha value is -4.03. The molecular formula is C26H27N5O. The predicted octanol–water partition coefficient (Wildman–Crippen LogP) is 4.49. The molecule has 6 nitrogen and oxygen atoms in total. The summed E-state index contributed by atoms with van der Waals surface area (Å²) in [7, 11) is 0. The average molecular weight is 426 g/mol. The Morgan fingerprint density at radius 2 is 1.50 bits per heavy atom. The fraction of sp³-hybridized carbons (Fsp3) is 0.115. The molecule has 4 aromatic rings. The molecule has 3 aromatic carbocycles. The molecule has 0 aliphatic carbocycles. The van der Waals surface area contributed by atoms with Crippen LogP contribution in [0, 0.1) is 0 Å². The minimum atomic E-state index is -0.0297. The van der Waals surface area contributed by atoms with E-state index in [0.717, 1.165) is 28.0 Å². The maximum Gasteiger partial charge on any atom is 0.165 e. The van der Waals surface area contributed by atoms with Crippen molar-refractivity contribution in [1.29, 1.82) is 0 Å². The van der Waals surface area contributed by atoms with E-state index < -0.39 is 0 Å². The van der Waals surface area contributed by atoms with Crippen LogP contribution in [0.15, 0.2) is 91.0 Å². The van der Waals surface area contributed by atoms with E-state index in [1.807, 2.05) is 54.6 Å². The molecule has 0 saturated heterocycles. The Morgan fingerprint density at radius 1 is 0.812 bits per heavy atom. The number of anilines is 3. The summed E-state index contributed by atoms with van der Waals surface area (Å²) < 4.78 is 6.02. The Morgan fingerprint density at radius 3 is 2.22 bits per heavy atom. The topological polar surface area (TPSA) is 112 Å². The molecule has 32 heavy (non-hydrogen) atoms. The van der Waals surface area contributed by atoms with Crippen molar-refractivity contribution in [1.82, 2.24) is 4.98 Å². The highest BCUT2D eigenvalue weighted by Crippen LogP contribution is 2.36. The molecule has 0 amide bonds. The van der Waals surface area contributed by atoms with Crippen LogP contribution in [0.1, 0.15) is 28.2 Å². The van der Waals surface area contributed by atoms with Crippen LogP contribution in [0.4, 0.5) is 17.3 Å². The summed E-state index contributed by atoms with van der Waals surface area (Å²) in [5.41, 5.74) is 19.8. The SMILES string of the molecule is NNc1nc(N)cc(C(Cc2cccc(OCc3ccccc3)c2)c2ccccc2)c1N. The fourth-order valence-electron chi connectivity index (χ4n) is 3.83. The van der Waals surface area contributed by atoms with E-state index in [9.17, 15) is 0 Å². The van der Waals surface area contributed by atoms with E-state index in [2.05, 4.69) is 46.8 Å². The Bertz CT molecular complexity index is 1170. The first-order valence-corrected chi connectivity index (χ1v) is 10.5. The Balaban J connectivity index is 1.64. The lowest BCUT2D eigenvalue weighted by Crippen LogP contribution is -2.16. The van der Waals surface area contributed by atoms with Crippen molar-refractivity contribution < 1.29 is 4.74 Å². The predicted molar refractivity (Wildman–Crippen MR) is 130 cm³/mol. The molecule has 1 aromatic heterocycles. The molecule has 1 heterocycles. The summed E-state index contributed by atoms with van der Waals surface area (Å²) in [6, 6.07) is 30.3. The second-order valence-electron chi connectivity index (χ2n) is 7.63. The zero-order valence-electron chi connectivity index (χ0n) is 17.7. The van der Waals surface area contributed by atoms with Gasteiger partial charge in [0.05, 0.1) is 5.69 Å². The molecule has 4 rings (SSSR count). The summed E-state index contributed by atoms with van der Waals surface area (Å²) in [6.45, 7) is 0.520. The van der Waals surface area contributed by atoms with Crippen molar-refractivity contribution in [2.45, 2.75) is 18.9 Å². The number of nitrogens with two attached hydrogens (primary N) is 3. The van der Waals surface area contributed by atoms with Crippen molar-refractivity contribution in [2.24, 2.45) is 5.84 Å². The summed E-state index contributed by atoms with van der Waals surface area (Å²) in [4.78, 5) is 4.20. The number of nitrogen functional groups attached to an aromatic ring is 3. The molecule has 0 aliphatic rings. The molecule has 0 aliphatic heterocycles. The zero-order valence-corrected chi connectivity index (χ0v) is 17.7. The van der Waals surface area contributed by atoms with Gasteiger partial charge in [0.2, 0.25) is 0 Å². The van der Waals surface area contributed by atoms with Gasteiger partial charge >= 0.3 is 0 Å². The number of hydrazine groups is 1. The van der Waals surface area contributed by atoms with Crippen LogP contribution in [0.2, 0.25) is 0 Å². The first-order chi connectivity index (χ1) is 15.6. The summed E-state index contributed by atoms with van der Waals surface area (Å²) in [6.07, 6.45) is 0.713. The van der Waals surface area contributed by atoms with E-state index in [1.54, 1.807) is 0 Å². The van der Waals surface area contributed by atoms with Crippen molar-refractivity contribution in [3.8, 4) is 5.75 Å². The molecule has 0 spiro atoms. The van der Waals surface area contributed by atoms with E-state index >= 15 is 0 Å². The van der Waals surface area contributed by atoms with Crippen LogP contribution in [0.3, 0.4) is 0 Å². The minimum absolute atomic E-state index is 0.0297. The van der Waals surface area contributed by atoms with Gasteiger partial charge in [-0.05, 0) is 46.9 Å². The van der Waals surface area contributed by atoms with Gasteiger partial charge in [0, 0.05) is 5.92 Å². The van der Waals surface area contributed by atoms with Gasteiger partial charge in [-0.3, -0.25) is 0 Å². The summed E-state index contributed by atoms with van der Waals surface area (Å²) in [5, 5.41) is 0. The van der Waals surface area contributed by atoms with Crippen LogP contribution in [-0.4, -0.2) is 4.98 Å². The third kappa shape index (κ3) is 4.99. The zero-order chi connectivity index (χ0) is 22.3. The van der Waals surface area contributed by atoms with Gasteiger partial charge in [-0.25, -0.2) is 10.8 Å². The first kappa shape index (κ1) is 21.2. The van der Waals surface area contributed by atoms with Gasteiger partial charge in [-0.2, -0.15) is 0 Å². The molecule has 0 fully saturated rings. The van der Waals surface area contributed by atoms with Crippen molar-refractivity contribution in [2.75, 3.05) is 16.9 Å². The second-order valence-corrected chi connectivity index (χ2v) is 7.63. The maximum absolute atomic E-state index is 6.41. The minimum Gasteiger partial charge on any atom is -0.489 e. The van der Waals surface area contributed by atoms with E-state index in [4.69, 9.17) is 22.0 Å². The number of pyridine rings is 1. The number of ether oxygens (including phenoxy) is 1. The van der Waals surface area contributed by atoms with Gasteiger partial charge < -0.3 is 21.6 Å². The quantitative estimate of drug-likeness (QED) is 0.244. The number of nitrogens with one attached hydrogen (secondary N) is 1. The Labute approximate surface area is 188 Å². The largest absolute Gasteiger partial charge is 0.489 e. The van der Waals surface area contributed by atoms with E-state index in [1.165, 1.54) is 0 Å². The van der Waals surface area contributed by atoms with Gasteiger partial charge in [0.1, 0.15) is 18.2 Å². The number of nitrogens with zero attached hydrogens (tertiary/aromatic N) is 1. The second kappa shape index (κ2) is 9.85. The van der Waals surface area contributed by atoms with Crippen LogP contribution in [0.5, 0.6) is 5.75 Å². The molecule has 0 radical (unpaired) electrons. The molecule has 1 atom stereocenters. The molecule has 0 bridgehead atoms. The Kier molecular flexibility index (Phi) is 6.53. The molecule has 0 saturated carbocycles. The van der Waals surface area contributed by atoms with E-state index in [-0.39, 0.29) is 5.92 Å². The average Bonchev–Trinajstić information content (AvgIpc) is 2.84. The monoisotopic (exact) mass is 425 g/mol. The van der Waals surface area contributed by atoms with Crippen molar-refractivity contribution in [3.05, 3.63) is 113 Å². The van der Waals surface area contributed by atoms with Crippen LogP contribution in [-0.2, 0) is 13.0 Å². The van der Waals surface area contributed by atoms with Gasteiger partial charge in [-0.1, -0.05) is 72.8 Å². The van der Waals surface area contributed by atoms with Gasteiger partial charge in [0.25, 0.3) is 0 Å². The highest BCUT2D eigenvalue weighted by Gasteiger charge is 2.21. The van der Waals surface area contributed by atoms with Crippen molar-refractivity contribution in [3.63, 3.8) is 0 Å². The number of aromatic nitrogens is 1. The standard InChI is InChI=1S/C26H27N5O/c27-24-16-23(25(28)26(30-24)31-29)22(20-11-5-2-6-12-20)15-19-10-7-13-21(14-19)32-17-18-8-3-1-4-9-18/h1-14,16,22H,15,17,28-29H2,(H3,27,30,31). The lowest BCUT2D eigenvalue weighted by Gasteiger charge is -2.22. The highest BCUT2D eigenvalue weighted by atomic mass is 16.5. The number of rotatable bonds is 8. The lowest BCUT2D eigenvalue weighted by atomic mass is 9.85. The molecule has 162 valence electrons. The highest BCUT2D eigenvalue weighted by molar-refractivity contribution is 5.70. The van der Waals surface area contributed by atoms with Crippen LogP contribution >= 0.6 is 0 Å². The van der Waals surface area contributed by atoms with Gasteiger partial charge in [0.15, 0.2) is 5.82 Å². The van der Waals surface area contributed by atoms with Crippen molar-refractivity contribution >= 4 is 17.3 Å². The summed E-state index contributed by atoms with van der Waals surface area (Å²) in [5.74, 6) is 7.15. The lowest BCUT2D eigenvalue weighted by molar-refractivity contribution is 0.306. The fourth-order valence-corrected chi connectivity index (χ4v) is 3.83. The number of benzene rings is 3. The van der Waals surface area contributed by atoms with Gasteiger partial charge in [-0.15, -0.1) is 0 Å². The maximum atomic E-state index is 6.41. The number of hydrogen-bond acceptors (Lipinski definition) is 6.